The summed E-state index contributed by atoms with van der Waals surface area (Å²) in [4.78, 5) is 20.7. The lowest BCUT2D eigenvalue weighted by Gasteiger charge is -2.29. The first kappa shape index (κ1) is 18.2. The Morgan fingerprint density at radius 1 is 1.25 bits per heavy atom. The van der Waals surface area contributed by atoms with Crippen molar-refractivity contribution in [2.75, 3.05) is 10.6 Å². The summed E-state index contributed by atoms with van der Waals surface area (Å²) in [6, 6.07) is 8.15. The summed E-state index contributed by atoms with van der Waals surface area (Å²) in [5.74, 6) is 0.240. The Hall–Kier alpha value is -3.13. The van der Waals surface area contributed by atoms with Crippen LogP contribution in [0.3, 0.4) is 0 Å². The fraction of sp³-hybridized carbons (Fsp3) is 0.350. The molecule has 6 N–H and O–H groups in total. The van der Waals surface area contributed by atoms with Crippen LogP contribution in [0, 0.1) is 0 Å². The lowest BCUT2D eigenvalue weighted by Crippen LogP contribution is -2.43. The van der Waals surface area contributed by atoms with Crippen LogP contribution in [0.4, 0.5) is 17.5 Å². The molecule has 1 aliphatic carbocycles. The van der Waals surface area contributed by atoms with Gasteiger partial charge < -0.3 is 26.7 Å². The number of hydrogen-bond acceptors (Lipinski definition) is 6. The van der Waals surface area contributed by atoms with Crippen LogP contribution in [-0.4, -0.2) is 32.5 Å². The number of aromatic nitrogens is 3. The summed E-state index contributed by atoms with van der Waals surface area (Å²) in [6.45, 7) is 0. The van der Waals surface area contributed by atoms with E-state index in [-0.39, 0.29) is 17.6 Å². The summed E-state index contributed by atoms with van der Waals surface area (Å²) < 4.78 is 2.03. The summed E-state index contributed by atoms with van der Waals surface area (Å²) in [5.41, 5.74) is 13.9. The fourth-order valence-electron chi connectivity index (χ4n) is 3.77. The highest BCUT2D eigenvalue weighted by Crippen LogP contribution is 2.28. The van der Waals surface area contributed by atoms with Crippen molar-refractivity contribution in [1.82, 2.24) is 14.5 Å². The number of amides is 1. The van der Waals surface area contributed by atoms with E-state index >= 15 is 0 Å². The van der Waals surface area contributed by atoms with E-state index in [1.807, 2.05) is 42.1 Å². The van der Waals surface area contributed by atoms with Crippen molar-refractivity contribution >= 4 is 34.3 Å². The molecule has 1 fully saturated rings. The molecular weight excluding hydrogens is 354 g/mol. The highest BCUT2D eigenvalue weighted by Gasteiger charge is 2.23. The predicted octanol–water partition coefficient (Wildman–Crippen LogP) is 2.49. The van der Waals surface area contributed by atoms with Crippen LogP contribution in [-0.2, 0) is 7.05 Å². The minimum Gasteiger partial charge on any atom is -0.365 e. The standard InChI is InChI=1S/C20H25N7O/c1-27-10-9-12-15(7-4-8-17(12)27)24-19-13(18(22)28)11-23-20(26-19)25-16-6-3-2-5-14(16)21/h4,7-11,14,16H,2-3,5-6,21H2,1H3,(H2,22,28)(H2,23,24,25,26)/t14?,16-/m1/s1. The van der Waals surface area contributed by atoms with E-state index in [0.29, 0.717) is 11.8 Å². The third kappa shape index (κ3) is 3.50. The van der Waals surface area contributed by atoms with Crippen molar-refractivity contribution in [3.63, 3.8) is 0 Å². The number of hydrogen-bond donors (Lipinski definition) is 4. The molecule has 3 aromatic rings. The number of benzene rings is 1. The molecule has 0 radical (unpaired) electrons. The number of carbonyl (C=O) groups is 1. The monoisotopic (exact) mass is 379 g/mol. The van der Waals surface area contributed by atoms with Gasteiger partial charge >= 0.3 is 0 Å². The molecule has 1 aromatic carbocycles. The molecule has 0 saturated heterocycles. The smallest absolute Gasteiger partial charge is 0.254 e. The zero-order chi connectivity index (χ0) is 19.7. The lowest BCUT2D eigenvalue weighted by atomic mass is 9.91. The number of primary amides is 1. The van der Waals surface area contributed by atoms with Gasteiger partial charge in [0.25, 0.3) is 5.91 Å². The number of rotatable bonds is 5. The first-order chi connectivity index (χ1) is 13.5. The number of nitrogens with one attached hydrogen (secondary N) is 2. The van der Waals surface area contributed by atoms with Gasteiger partial charge in [-0.05, 0) is 31.0 Å². The average molecular weight is 379 g/mol. The molecule has 2 heterocycles. The Kier molecular flexibility index (Phi) is 4.87. The van der Waals surface area contributed by atoms with Gasteiger partial charge in [-0.3, -0.25) is 4.79 Å². The van der Waals surface area contributed by atoms with E-state index in [2.05, 4.69) is 20.6 Å². The second kappa shape index (κ2) is 7.47. The van der Waals surface area contributed by atoms with Crippen LogP contribution in [0.1, 0.15) is 36.0 Å². The molecule has 146 valence electrons. The zero-order valence-corrected chi connectivity index (χ0v) is 15.9. The van der Waals surface area contributed by atoms with Crippen molar-refractivity contribution in [2.45, 2.75) is 37.8 Å². The fourth-order valence-corrected chi connectivity index (χ4v) is 3.77. The summed E-state index contributed by atoms with van der Waals surface area (Å²) in [5, 5.41) is 7.61. The molecule has 28 heavy (non-hydrogen) atoms. The molecule has 1 aliphatic rings. The van der Waals surface area contributed by atoms with Gasteiger partial charge in [0.05, 0.1) is 0 Å². The van der Waals surface area contributed by atoms with Crippen LogP contribution in [0.25, 0.3) is 10.9 Å². The van der Waals surface area contributed by atoms with Gasteiger partial charge in [-0.2, -0.15) is 4.98 Å². The minimum absolute atomic E-state index is 0.0719. The van der Waals surface area contributed by atoms with Crippen molar-refractivity contribution in [3.05, 3.63) is 42.2 Å². The Morgan fingerprint density at radius 2 is 2.07 bits per heavy atom. The van der Waals surface area contributed by atoms with E-state index in [0.717, 1.165) is 42.3 Å². The maximum Gasteiger partial charge on any atom is 0.254 e. The minimum atomic E-state index is -0.580. The van der Waals surface area contributed by atoms with Gasteiger partial charge in [0.15, 0.2) is 0 Å². The van der Waals surface area contributed by atoms with Gasteiger partial charge in [0, 0.05) is 48.1 Å². The topological polar surface area (TPSA) is 124 Å². The molecule has 8 heteroatoms. The summed E-state index contributed by atoms with van der Waals surface area (Å²) in [6.07, 6.45) is 7.69. The molecule has 0 aliphatic heterocycles. The molecule has 8 nitrogen and oxygen atoms in total. The molecule has 0 spiro atoms. The van der Waals surface area contributed by atoms with Crippen LogP contribution >= 0.6 is 0 Å². The molecule has 1 amide bonds. The van der Waals surface area contributed by atoms with E-state index in [1.54, 1.807) is 0 Å². The number of carbonyl (C=O) groups excluding carboxylic acids is 1. The average Bonchev–Trinajstić information content (AvgIpc) is 3.06. The number of anilines is 3. The van der Waals surface area contributed by atoms with E-state index in [9.17, 15) is 4.79 Å². The molecular formula is C20H25N7O. The van der Waals surface area contributed by atoms with Gasteiger partial charge in [-0.1, -0.05) is 18.9 Å². The van der Waals surface area contributed by atoms with E-state index < -0.39 is 5.91 Å². The summed E-state index contributed by atoms with van der Waals surface area (Å²) in [7, 11) is 1.99. The quantitative estimate of drug-likeness (QED) is 0.540. The highest BCUT2D eigenvalue weighted by molar-refractivity contribution is 6.00. The Labute approximate surface area is 163 Å². The molecule has 1 unspecified atom stereocenters. The van der Waals surface area contributed by atoms with Gasteiger partial charge in [-0.25, -0.2) is 4.98 Å². The molecule has 0 bridgehead atoms. The molecule has 4 rings (SSSR count). The van der Waals surface area contributed by atoms with Gasteiger partial charge in [-0.15, -0.1) is 0 Å². The maximum absolute atomic E-state index is 11.9. The number of nitrogens with zero attached hydrogens (tertiary/aromatic N) is 3. The van der Waals surface area contributed by atoms with Crippen LogP contribution < -0.4 is 22.1 Å². The maximum atomic E-state index is 11.9. The molecule has 1 saturated carbocycles. The lowest BCUT2D eigenvalue weighted by molar-refractivity contribution is 0.100. The van der Waals surface area contributed by atoms with Crippen LogP contribution in [0.15, 0.2) is 36.7 Å². The third-order valence-corrected chi connectivity index (χ3v) is 5.37. The Morgan fingerprint density at radius 3 is 2.86 bits per heavy atom. The largest absolute Gasteiger partial charge is 0.365 e. The second-order valence-corrected chi connectivity index (χ2v) is 7.31. The predicted molar refractivity (Wildman–Crippen MR) is 111 cm³/mol. The number of aryl methyl sites for hydroxylation is 1. The van der Waals surface area contributed by atoms with Crippen molar-refractivity contribution in [2.24, 2.45) is 18.5 Å². The van der Waals surface area contributed by atoms with Crippen molar-refractivity contribution in [1.29, 1.82) is 0 Å². The molecule has 2 atom stereocenters. The second-order valence-electron chi connectivity index (χ2n) is 7.31. The van der Waals surface area contributed by atoms with E-state index in [1.165, 1.54) is 6.20 Å². The third-order valence-electron chi connectivity index (χ3n) is 5.37. The van der Waals surface area contributed by atoms with Crippen molar-refractivity contribution in [3.8, 4) is 0 Å². The van der Waals surface area contributed by atoms with Crippen molar-refractivity contribution < 1.29 is 4.79 Å². The van der Waals surface area contributed by atoms with E-state index in [4.69, 9.17) is 11.5 Å². The Bertz CT molecular complexity index is 1010. The highest BCUT2D eigenvalue weighted by atomic mass is 16.1. The summed E-state index contributed by atoms with van der Waals surface area (Å²) >= 11 is 0. The van der Waals surface area contributed by atoms with Gasteiger partial charge in [0.2, 0.25) is 5.95 Å². The van der Waals surface area contributed by atoms with Gasteiger partial charge in [0.1, 0.15) is 11.4 Å². The zero-order valence-electron chi connectivity index (χ0n) is 15.9. The number of nitrogens with two attached hydrogens (primary N) is 2. The first-order valence-corrected chi connectivity index (χ1v) is 9.53. The van der Waals surface area contributed by atoms with Crippen LogP contribution in [0.2, 0.25) is 0 Å². The SMILES string of the molecule is Cn1ccc2c(Nc3nc(N[C@@H]4CCCCC4N)ncc3C(N)=O)cccc21. The molecule has 2 aromatic heterocycles. The first-order valence-electron chi connectivity index (χ1n) is 9.53. The van der Waals surface area contributed by atoms with Crippen LogP contribution in [0.5, 0.6) is 0 Å². The number of fused-ring (bicyclic) bond motifs is 1. The Balaban J connectivity index is 1.67. The normalized spacial score (nSPS) is 19.5.